The van der Waals surface area contributed by atoms with Crippen LogP contribution < -0.4 is 5.73 Å². The van der Waals surface area contributed by atoms with Crippen LogP contribution in [0.25, 0.3) is 21.1 Å². The van der Waals surface area contributed by atoms with Gasteiger partial charge in [0.15, 0.2) is 0 Å². The van der Waals surface area contributed by atoms with Crippen molar-refractivity contribution in [3.05, 3.63) is 59.9 Å². The summed E-state index contributed by atoms with van der Waals surface area (Å²) >= 11 is 1.65. The van der Waals surface area contributed by atoms with Crippen molar-refractivity contribution in [3.63, 3.8) is 0 Å². The van der Waals surface area contributed by atoms with E-state index in [4.69, 9.17) is 5.73 Å². The summed E-state index contributed by atoms with van der Waals surface area (Å²) in [6, 6.07) is 14.3. The van der Waals surface area contributed by atoms with Crippen LogP contribution in [0.5, 0.6) is 0 Å². The summed E-state index contributed by atoms with van der Waals surface area (Å²) in [6.07, 6.45) is 1.82. The molecule has 3 rings (SSSR count). The smallest absolute Gasteiger partial charge is 0.142 e. The molecule has 0 spiro atoms. The van der Waals surface area contributed by atoms with E-state index in [0.717, 1.165) is 26.8 Å². The van der Waals surface area contributed by atoms with Gasteiger partial charge in [0.2, 0.25) is 0 Å². The maximum atomic E-state index is 5.83. The molecule has 0 fully saturated rings. The van der Waals surface area contributed by atoms with Crippen LogP contribution >= 0.6 is 11.3 Å². The van der Waals surface area contributed by atoms with E-state index in [0.29, 0.717) is 6.54 Å². The minimum atomic E-state index is 0.437. The normalized spacial score (nSPS) is 10.7. The van der Waals surface area contributed by atoms with Gasteiger partial charge in [0.05, 0.1) is 16.3 Å². The number of rotatable bonds is 3. The van der Waals surface area contributed by atoms with Crippen LogP contribution in [0.4, 0.5) is 0 Å². The Morgan fingerprint density at radius 1 is 1.15 bits per heavy atom. The first-order valence-corrected chi connectivity index (χ1v) is 7.28. The molecule has 0 atom stereocenters. The van der Waals surface area contributed by atoms with E-state index in [-0.39, 0.29) is 0 Å². The second kappa shape index (κ2) is 5.53. The maximum absolute atomic E-state index is 5.83. The van der Waals surface area contributed by atoms with Crippen molar-refractivity contribution in [2.75, 3.05) is 0 Å². The molecule has 2 heterocycles. The molecule has 0 radical (unpaired) electrons. The summed E-state index contributed by atoms with van der Waals surface area (Å²) in [4.78, 5) is 10.2. The summed E-state index contributed by atoms with van der Waals surface area (Å²) in [5.74, 6) is 0. The second-order valence-corrected chi connectivity index (χ2v) is 5.58. The predicted octanol–water partition coefficient (Wildman–Crippen LogP) is 3.64. The van der Waals surface area contributed by atoms with Crippen molar-refractivity contribution >= 4 is 11.3 Å². The molecule has 0 bridgehead atoms. The van der Waals surface area contributed by atoms with E-state index in [1.165, 1.54) is 5.56 Å². The van der Waals surface area contributed by atoms with Gasteiger partial charge in [0, 0.05) is 12.7 Å². The topological polar surface area (TPSA) is 51.8 Å². The van der Waals surface area contributed by atoms with Crippen LogP contribution in [0.15, 0.2) is 48.7 Å². The van der Waals surface area contributed by atoms with Crippen LogP contribution in [-0.4, -0.2) is 9.97 Å². The molecule has 0 saturated heterocycles. The summed E-state index contributed by atoms with van der Waals surface area (Å²) in [5, 5.41) is 0.924. The number of aromatic nitrogens is 2. The first kappa shape index (κ1) is 13.0. The summed E-state index contributed by atoms with van der Waals surface area (Å²) in [7, 11) is 0. The SMILES string of the molecule is Cc1ccnc(-c2nc(CN)c(-c3ccccc3)s2)c1. The zero-order chi connectivity index (χ0) is 13.9. The molecule has 100 valence electrons. The molecule has 2 aromatic heterocycles. The standard InChI is InChI=1S/C16H15N3S/c1-11-7-8-18-13(9-11)16-19-14(10-17)15(20-16)12-5-3-2-4-6-12/h2-9H,10,17H2,1H3. The van der Waals surface area contributed by atoms with Gasteiger partial charge in [-0.25, -0.2) is 4.98 Å². The van der Waals surface area contributed by atoms with E-state index >= 15 is 0 Å². The van der Waals surface area contributed by atoms with Crippen molar-refractivity contribution in [2.24, 2.45) is 5.73 Å². The second-order valence-electron chi connectivity index (χ2n) is 4.58. The number of nitrogens with zero attached hydrogens (tertiary/aromatic N) is 2. The molecular formula is C16H15N3S. The lowest BCUT2D eigenvalue weighted by atomic mass is 10.1. The molecule has 3 aromatic rings. The Bertz CT molecular complexity index is 720. The van der Waals surface area contributed by atoms with Gasteiger partial charge >= 0.3 is 0 Å². The van der Waals surface area contributed by atoms with Gasteiger partial charge in [-0.3, -0.25) is 4.98 Å². The molecule has 0 unspecified atom stereocenters. The highest BCUT2D eigenvalue weighted by molar-refractivity contribution is 7.18. The minimum Gasteiger partial charge on any atom is -0.325 e. The van der Waals surface area contributed by atoms with Crippen LogP contribution in [0.2, 0.25) is 0 Å². The lowest BCUT2D eigenvalue weighted by Crippen LogP contribution is -1.98. The molecule has 4 heteroatoms. The Kier molecular flexibility index (Phi) is 3.58. The van der Waals surface area contributed by atoms with Crippen molar-refractivity contribution in [1.29, 1.82) is 0 Å². The molecule has 0 saturated carbocycles. The van der Waals surface area contributed by atoms with Gasteiger partial charge in [0.25, 0.3) is 0 Å². The van der Waals surface area contributed by atoms with Crippen LogP contribution in [0.1, 0.15) is 11.3 Å². The molecule has 0 aliphatic carbocycles. The Morgan fingerprint density at radius 3 is 2.65 bits per heavy atom. The largest absolute Gasteiger partial charge is 0.325 e. The number of benzene rings is 1. The number of pyridine rings is 1. The lowest BCUT2D eigenvalue weighted by molar-refractivity contribution is 1.01. The van der Waals surface area contributed by atoms with Gasteiger partial charge in [-0.15, -0.1) is 11.3 Å². The molecular weight excluding hydrogens is 266 g/mol. The Labute approximate surface area is 122 Å². The highest BCUT2D eigenvalue weighted by atomic mass is 32.1. The summed E-state index contributed by atoms with van der Waals surface area (Å²) in [6.45, 7) is 2.49. The summed E-state index contributed by atoms with van der Waals surface area (Å²) in [5.41, 5.74) is 10.0. The van der Waals surface area contributed by atoms with Crippen LogP contribution in [-0.2, 0) is 6.54 Å². The predicted molar refractivity (Wildman–Crippen MR) is 83.4 cm³/mol. The monoisotopic (exact) mass is 281 g/mol. The first-order chi connectivity index (χ1) is 9.78. The molecule has 20 heavy (non-hydrogen) atoms. The van der Waals surface area contributed by atoms with E-state index < -0.39 is 0 Å². The number of nitrogens with two attached hydrogens (primary N) is 1. The highest BCUT2D eigenvalue weighted by Gasteiger charge is 2.13. The Balaban J connectivity index is 2.10. The zero-order valence-electron chi connectivity index (χ0n) is 11.2. The minimum absolute atomic E-state index is 0.437. The fourth-order valence-electron chi connectivity index (χ4n) is 2.07. The quantitative estimate of drug-likeness (QED) is 0.797. The van der Waals surface area contributed by atoms with E-state index in [2.05, 4.69) is 29.0 Å². The van der Waals surface area contributed by atoms with Crippen molar-refractivity contribution in [2.45, 2.75) is 13.5 Å². The highest BCUT2D eigenvalue weighted by Crippen LogP contribution is 2.34. The number of hydrogen-bond donors (Lipinski definition) is 1. The van der Waals surface area contributed by atoms with Gasteiger partial charge in [-0.2, -0.15) is 0 Å². The third-order valence-corrected chi connectivity index (χ3v) is 4.23. The van der Waals surface area contributed by atoms with Crippen molar-refractivity contribution in [1.82, 2.24) is 9.97 Å². The molecule has 0 amide bonds. The number of thiazole rings is 1. The first-order valence-electron chi connectivity index (χ1n) is 6.46. The van der Waals surface area contributed by atoms with Gasteiger partial charge in [-0.05, 0) is 30.2 Å². The van der Waals surface area contributed by atoms with Crippen molar-refractivity contribution in [3.8, 4) is 21.1 Å². The van der Waals surface area contributed by atoms with Crippen molar-refractivity contribution < 1.29 is 0 Å². The van der Waals surface area contributed by atoms with Gasteiger partial charge < -0.3 is 5.73 Å². The lowest BCUT2D eigenvalue weighted by Gasteiger charge is -1.98. The number of aryl methyl sites for hydroxylation is 1. The van der Waals surface area contributed by atoms with Crippen LogP contribution in [0.3, 0.4) is 0 Å². The van der Waals surface area contributed by atoms with E-state index in [1.807, 2.05) is 36.5 Å². The van der Waals surface area contributed by atoms with E-state index in [1.54, 1.807) is 11.3 Å². The average Bonchev–Trinajstić information content (AvgIpc) is 2.92. The Morgan fingerprint density at radius 2 is 1.95 bits per heavy atom. The van der Waals surface area contributed by atoms with Gasteiger partial charge in [0.1, 0.15) is 5.01 Å². The molecule has 3 nitrogen and oxygen atoms in total. The zero-order valence-corrected chi connectivity index (χ0v) is 12.0. The molecule has 1 aromatic carbocycles. The fraction of sp³-hybridized carbons (Fsp3) is 0.125. The average molecular weight is 281 g/mol. The fourth-order valence-corrected chi connectivity index (χ4v) is 3.13. The Hall–Kier alpha value is -2.04. The van der Waals surface area contributed by atoms with Crippen LogP contribution in [0, 0.1) is 6.92 Å². The molecule has 2 N–H and O–H groups in total. The maximum Gasteiger partial charge on any atom is 0.142 e. The molecule has 0 aliphatic heterocycles. The van der Waals surface area contributed by atoms with E-state index in [9.17, 15) is 0 Å². The third-order valence-electron chi connectivity index (χ3n) is 3.06. The number of hydrogen-bond acceptors (Lipinski definition) is 4. The molecule has 0 aliphatic rings. The summed E-state index contributed by atoms with van der Waals surface area (Å²) < 4.78 is 0. The van der Waals surface area contributed by atoms with Gasteiger partial charge in [-0.1, -0.05) is 30.3 Å². The third kappa shape index (κ3) is 2.48.